The van der Waals surface area contributed by atoms with E-state index < -0.39 is 18.0 Å². The van der Waals surface area contributed by atoms with Gasteiger partial charge in [0.1, 0.15) is 12.0 Å². The molecule has 0 radical (unpaired) electrons. The Morgan fingerprint density at radius 2 is 1.78 bits per heavy atom. The van der Waals surface area contributed by atoms with Crippen LogP contribution in [0.5, 0.6) is 17.2 Å². The summed E-state index contributed by atoms with van der Waals surface area (Å²) in [6.07, 6.45) is -0.675. The van der Waals surface area contributed by atoms with Crippen LogP contribution in [0.4, 0.5) is 0 Å². The minimum Gasteiger partial charge on any atom is -0.497 e. The highest BCUT2D eigenvalue weighted by Gasteiger charge is 2.32. The van der Waals surface area contributed by atoms with Crippen molar-refractivity contribution >= 4 is 17.7 Å². The first-order valence-corrected chi connectivity index (χ1v) is 10.1. The second-order valence-corrected chi connectivity index (χ2v) is 7.13. The minimum atomic E-state index is -0.801. The van der Waals surface area contributed by atoms with E-state index in [0.29, 0.717) is 36.0 Å². The van der Waals surface area contributed by atoms with E-state index >= 15 is 0 Å². The third-order valence-electron chi connectivity index (χ3n) is 5.13. The molecule has 0 aliphatic carbocycles. The summed E-state index contributed by atoms with van der Waals surface area (Å²) in [4.78, 5) is 38.7. The molecule has 2 N–H and O–H groups in total. The predicted molar refractivity (Wildman–Crippen MR) is 111 cm³/mol. The number of amides is 3. The van der Waals surface area contributed by atoms with Gasteiger partial charge < -0.3 is 34.5 Å². The maximum atomic E-state index is 12.9. The molecule has 0 aromatic heterocycles. The Kier molecular flexibility index (Phi) is 6.41. The maximum absolute atomic E-state index is 12.9. The zero-order valence-corrected chi connectivity index (χ0v) is 17.5. The predicted octanol–water partition coefficient (Wildman–Crippen LogP) is 0.655. The average Bonchev–Trinajstić information content (AvgIpc) is 3.49. The summed E-state index contributed by atoms with van der Waals surface area (Å²) >= 11 is 0. The van der Waals surface area contributed by atoms with E-state index in [1.54, 1.807) is 49.6 Å². The van der Waals surface area contributed by atoms with Gasteiger partial charge in [-0.05, 0) is 35.9 Å². The van der Waals surface area contributed by atoms with Crippen molar-refractivity contribution in [2.24, 2.45) is 0 Å². The number of benzene rings is 2. The Hall–Kier alpha value is -3.79. The van der Waals surface area contributed by atoms with Gasteiger partial charge in [-0.15, -0.1) is 0 Å². The topological polar surface area (TPSA) is 115 Å². The van der Waals surface area contributed by atoms with Crippen LogP contribution in [-0.2, 0) is 20.9 Å². The summed E-state index contributed by atoms with van der Waals surface area (Å²) in [5.41, 5.74) is 1.25. The van der Waals surface area contributed by atoms with Gasteiger partial charge in [0, 0.05) is 18.7 Å². The average molecular weight is 441 g/mol. The quantitative estimate of drug-likeness (QED) is 0.633. The molecule has 1 atom stereocenters. The fraction of sp³-hybridized carbons (Fsp3) is 0.318. The molecular formula is C22H23N3O7. The van der Waals surface area contributed by atoms with Crippen molar-refractivity contribution in [2.45, 2.75) is 12.8 Å². The van der Waals surface area contributed by atoms with Crippen LogP contribution in [0.3, 0.4) is 0 Å². The summed E-state index contributed by atoms with van der Waals surface area (Å²) < 4.78 is 21.2. The fourth-order valence-electron chi connectivity index (χ4n) is 3.38. The first-order chi connectivity index (χ1) is 15.5. The molecule has 4 rings (SSSR count). The van der Waals surface area contributed by atoms with E-state index in [-0.39, 0.29) is 25.8 Å². The summed E-state index contributed by atoms with van der Waals surface area (Å²) in [5, 5.41) is 5.08. The third-order valence-corrected chi connectivity index (χ3v) is 5.13. The van der Waals surface area contributed by atoms with E-state index in [1.165, 1.54) is 4.90 Å². The normalized spacial score (nSPS) is 16.5. The second kappa shape index (κ2) is 9.56. The molecule has 2 heterocycles. The van der Waals surface area contributed by atoms with Crippen molar-refractivity contribution in [1.82, 2.24) is 15.5 Å². The van der Waals surface area contributed by atoms with Gasteiger partial charge in [-0.25, -0.2) is 0 Å². The molecule has 10 heteroatoms. The van der Waals surface area contributed by atoms with Crippen LogP contribution in [-0.4, -0.2) is 62.4 Å². The highest BCUT2D eigenvalue weighted by Crippen LogP contribution is 2.33. The number of ether oxygens (including phenoxy) is 4. The van der Waals surface area contributed by atoms with Crippen LogP contribution in [0.1, 0.15) is 15.9 Å². The summed E-state index contributed by atoms with van der Waals surface area (Å²) in [6.45, 7) is 1.02. The molecule has 0 spiro atoms. The molecule has 1 saturated heterocycles. The Labute approximate surface area is 184 Å². The molecule has 2 aromatic rings. The zero-order chi connectivity index (χ0) is 22.5. The number of nitrogens with zero attached hydrogens (tertiary/aromatic N) is 1. The monoisotopic (exact) mass is 441 g/mol. The molecule has 2 aliphatic rings. The second-order valence-electron chi connectivity index (χ2n) is 7.13. The van der Waals surface area contributed by atoms with Crippen molar-refractivity contribution in [1.29, 1.82) is 0 Å². The van der Waals surface area contributed by atoms with Gasteiger partial charge in [-0.1, -0.05) is 12.1 Å². The van der Waals surface area contributed by atoms with Gasteiger partial charge in [0.15, 0.2) is 11.5 Å². The van der Waals surface area contributed by atoms with E-state index in [9.17, 15) is 14.4 Å². The van der Waals surface area contributed by atoms with Crippen LogP contribution in [0, 0.1) is 0 Å². The van der Waals surface area contributed by atoms with E-state index in [1.807, 2.05) is 0 Å². The zero-order valence-electron chi connectivity index (χ0n) is 17.5. The van der Waals surface area contributed by atoms with Crippen LogP contribution < -0.4 is 24.8 Å². The standard InChI is InChI=1S/C22H23N3O7/c1-29-16-5-2-14(3-6-16)11-23-20(26)21(27)24-12-19-25(8-9-30-19)22(28)15-4-7-17-18(10-15)32-13-31-17/h2-7,10,19H,8-9,11-13H2,1H3,(H,23,26)(H,24,27). The largest absolute Gasteiger partial charge is 0.497 e. The van der Waals surface area contributed by atoms with Gasteiger partial charge >= 0.3 is 11.8 Å². The first-order valence-electron chi connectivity index (χ1n) is 10.1. The molecule has 1 unspecified atom stereocenters. The minimum absolute atomic E-state index is 0.00885. The Balaban J connectivity index is 1.27. The number of carbonyl (C=O) groups is 3. The van der Waals surface area contributed by atoms with E-state index in [0.717, 1.165) is 5.56 Å². The number of hydrogen-bond donors (Lipinski definition) is 2. The van der Waals surface area contributed by atoms with Crippen molar-refractivity contribution in [3.63, 3.8) is 0 Å². The lowest BCUT2D eigenvalue weighted by Gasteiger charge is -2.23. The molecule has 0 bridgehead atoms. The van der Waals surface area contributed by atoms with Gasteiger partial charge in [0.2, 0.25) is 6.79 Å². The van der Waals surface area contributed by atoms with Crippen molar-refractivity contribution in [2.75, 3.05) is 33.6 Å². The lowest BCUT2D eigenvalue weighted by molar-refractivity contribution is -0.139. The lowest BCUT2D eigenvalue weighted by Crippen LogP contribution is -2.47. The number of rotatable bonds is 6. The highest BCUT2D eigenvalue weighted by molar-refractivity contribution is 6.35. The maximum Gasteiger partial charge on any atom is 0.309 e. The molecule has 168 valence electrons. The Morgan fingerprint density at radius 3 is 2.56 bits per heavy atom. The fourth-order valence-corrected chi connectivity index (χ4v) is 3.38. The summed E-state index contributed by atoms with van der Waals surface area (Å²) in [5.74, 6) is -0.0340. The number of fused-ring (bicyclic) bond motifs is 1. The van der Waals surface area contributed by atoms with Crippen LogP contribution >= 0.6 is 0 Å². The molecule has 0 saturated carbocycles. The van der Waals surface area contributed by atoms with Crippen LogP contribution in [0.15, 0.2) is 42.5 Å². The summed E-state index contributed by atoms with van der Waals surface area (Å²) in [6, 6.07) is 12.1. The van der Waals surface area contributed by atoms with Crippen molar-refractivity contribution < 1.29 is 33.3 Å². The molecule has 2 aliphatic heterocycles. The number of hydrogen-bond acceptors (Lipinski definition) is 7. The van der Waals surface area contributed by atoms with Crippen molar-refractivity contribution in [3.05, 3.63) is 53.6 Å². The smallest absolute Gasteiger partial charge is 0.309 e. The van der Waals surface area contributed by atoms with E-state index in [2.05, 4.69) is 10.6 Å². The number of carbonyl (C=O) groups excluding carboxylic acids is 3. The number of methoxy groups -OCH3 is 1. The molecular weight excluding hydrogens is 418 g/mol. The Bertz CT molecular complexity index is 1010. The molecule has 3 amide bonds. The van der Waals surface area contributed by atoms with Crippen LogP contribution in [0.2, 0.25) is 0 Å². The van der Waals surface area contributed by atoms with Gasteiger partial charge in [-0.3, -0.25) is 14.4 Å². The molecule has 2 aromatic carbocycles. The van der Waals surface area contributed by atoms with Gasteiger partial charge in [0.25, 0.3) is 5.91 Å². The SMILES string of the molecule is COc1ccc(CNC(=O)C(=O)NCC2OCCN2C(=O)c2ccc3c(c2)OCO3)cc1. The lowest BCUT2D eigenvalue weighted by atomic mass is 10.1. The Morgan fingerprint density at radius 1 is 1.03 bits per heavy atom. The highest BCUT2D eigenvalue weighted by atomic mass is 16.7. The van der Waals surface area contributed by atoms with Gasteiger partial charge in [0.05, 0.1) is 20.3 Å². The van der Waals surface area contributed by atoms with E-state index in [4.69, 9.17) is 18.9 Å². The van der Waals surface area contributed by atoms with Crippen molar-refractivity contribution in [3.8, 4) is 17.2 Å². The molecule has 32 heavy (non-hydrogen) atoms. The first kappa shape index (κ1) is 21.4. The number of nitrogens with one attached hydrogen (secondary N) is 2. The molecule has 10 nitrogen and oxygen atoms in total. The third kappa shape index (κ3) is 4.75. The van der Waals surface area contributed by atoms with Crippen LogP contribution in [0.25, 0.3) is 0 Å². The summed E-state index contributed by atoms with van der Waals surface area (Å²) in [7, 11) is 1.57. The molecule has 1 fully saturated rings. The van der Waals surface area contributed by atoms with Gasteiger partial charge in [-0.2, -0.15) is 0 Å².